The molecule has 1 heterocycles. The molecule has 0 N–H and O–H groups in total. The number of aromatic nitrogens is 1. The van der Waals surface area contributed by atoms with Crippen molar-refractivity contribution >= 4 is 39.1 Å². The molecule has 0 saturated carbocycles. The van der Waals surface area contributed by atoms with E-state index in [-0.39, 0.29) is 5.91 Å². The Hall–Kier alpha value is -2.35. The van der Waals surface area contributed by atoms with Gasteiger partial charge in [-0.15, -0.1) is 0 Å². The second kappa shape index (κ2) is 9.23. The Bertz CT molecular complexity index is 1040. The number of thiazole rings is 1. The lowest BCUT2D eigenvalue weighted by Crippen LogP contribution is -2.19. The minimum absolute atomic E-state index is 0.327. The highest BCUT2D eigenvalue weighted by Crippen LogP contribution is 2.33. The van der Waals surface area contributed by atoms with E-state index in [9.17, 15) is 4.79 Å². The Balaban J connectivity index is 2.12. The molecular weight excluding hydrogens is 400 g/mol. The number of amides is 1. The second-order valence-electron chi connectivity index (χ2n) is 5.83. The van der Waals surface area contributed by atoms with E-state index in [0.29, 0.717) is 46.6 Å². The summed E-state index contributed by atoms with van der Waals surface area (Å²) in [7, 11) is 3.19. The molecule has 1 aromatic heterocycles. The molecule has 6 nitrogen and oxygen atoms in total. The van der Waals surface area contributed by atoms with Crippen LogP contribution in [0.1, 0.15) is 17.3 Å². The Morgan fingerprint density at radius 1 is 1.14 bits per heavy atom. The third-order valence-corrected chi connectivity index (χ3v) is 5.43. The zero-order chi connectivity index (χ0) is 20.1. The molecule has 3 rings (SSSR count). The molecule has 0 radical (unpaired) electrons. The Morgan fingerprint density at radius 2 is 1.82 bits per heavy atom. The topological polar surface area (TPSA) is 62.1 Å². The van der Waals surface area contributed by atoms with Crippen molar-refractivity contribution in [1.82, 2.24) is 4.57 Å². The van der Waals surface area contributed by atoms with Gasteiger partial charge in [0.25, 0.3) is 5.91 Å². The van der Waals surface area contributed by atoms with Gasteiger partial charge in [0.05, 0.1) is 31.0 Å². The van der Waals surface area contributed by atoms with Gasteiger partial charge in [0, 0.05) is 35.9 Å². The van der Waals surface area contributed by atoms with E-state index in [2.05, 4.69) is 4.99 Å². The number of carbonyl (C=O) groups excluding carboxylic acids is 1. The molecule has 0 aliphatic rings. The van der Waals surface area contributed by atoms with Crippen LogP contribution in [0.25, 0.3) is 10.2 Å². The van der Waals surface area contributed by atoms with E-state index >= 15 is 0 Å². The molecule has 2 aromatic carbocycles. The number of rotatable bonds is 7. The summed E-state index contributed by atoms with van der Waals surface area (Å²) >= 11 is 7.32. The molecule has 0 saturated heterocycles. The number of methoxy groups -OCH3 is 2. The lowest BCUT2D eigenvalue weighted by molar-refractivity contribution is 0.0996. The average Bonchev–Trinajstić information content (AvgIpc) is 3.03. The average molecular weight is 421 g/mol. The van der Waals surface area contributed by atoms with Crippen LogP contribution in [0.2, 0.25) is 5.02 Å². The summed E-state index contributed by atoms with van der Waals surface area (Å²) in [6.45, 7) is 3.64. The number of carbonyl (C=O) groups is 1. The van der Waals surface area contributed by atoms with Crippen LogP contribution in [-0.4, -0.2) is 37.9 Å². The normalized spacial score (nSPS) is 11.8. The number of halogens is 1. The maximum Gasteiger partial charge on any atom is 0.279 e. The summed E-state index contributed by atoms with van der Waals surface area (Å²) in [5.74, 6) is 0.921. The van der Waals surface area contributed by atoms with Crippen LogP contribution in [0.15, 0.2) is 41.4 Å². The number of hydrogen-bond donors (Lipinski definition) is 0. The van der Waals surface area contributed by atoms with Crippen LogP contribution in [-0.2, 0) is 11.3 Å². The van der Waals surface area contributed by atoms with Gasteiger partial charge in [-0.2, -0.15) is 4.99 Å². The third kappa shape index (κ3) is 4.38. The van der Waals surface area contributed by atoms with Crippen molar-refractivity contribution in [2.75, 3.05) is 27.4 Å². The van der Waals surface area contributed by atoms with Gasteiger partial charge < -0.3 is 18.8 Å². The number of fused-ring (bicyclic) bond motifs is 1. The second-order valence-corrected chi connectivity index (χ2v) is 7.28. The van der Waals surface area contributed by atoms with Crippen molar-refractivity contribution in [3.8, 4) is 11.5 Å². The highest BCUT2D eigenvalue weighted by molar-refractivity contribution is 7.16. The fourth-order valence-corrected chi connectivity index (χ4v) is 3.93. The summed E-state index contributed by atoms with van der Waals surface area (Å²) in [6, 6.07) is 10.5. The van der Waals surface area contributed by atoms with Crippen LogP contribution in [0.3, 0.4) is 0 Å². The first-order valence-electron chi connectivity index (χ1n) is 8.75. The molecule has 0 spiro atoms. The molecule has 0 atom stereocenters. The summed E-state index contributed by atoms with van der Waals surface area (Å²) in [5, 5.41) is 0.574. The number of hydrogen-bond acceptors (Lipinski definition) is 5. The lowest BCUT2D eigenvalue weighted by Gasteiger charge is -2.09. The summed E-state index contributed by atoms with van der Waals surface area (Å²) in [5.41, 5.74) is 1.39. The van der Waals surface area contributed by atoms with E-state index in [0.717, 1.165) is 10.2 Å². The zero-order valence-corrected chi connectivity index (χ0v) is 17.5. The van der Waals surface area contributed by atoms with E-state index in [1.165, 1.54) is 11.3 Å². The first-order valence-corrected chi connectivity index (χ1v) is 9.94. The predicted octanol–water partition coefficient (Wildman–Crippen LogP) is 4.15. The largest absolute Gasteiger partial charge is 0.493 e. The van der Waals surface area contributed by atoms with Gasteiger partial charge in [0.15, 0.2) is 16.3 Å². The number of benzene rings is 2. The number of nitrogens with zero attached hydrogens (tertiary/aromatic N) is 2. The number of ether oxygens (including phenoxy) is 3. The molecule has 8 heteroatoms. The van der Waals surface area contributed by atoms with Gasteiger partial charge in [-0.25, -0.2) is 0 Å². The molecule has 0 aliphatic carbocycles. The fraction of sp³-hybridized carbons (Fsp3) is 0.300. The predicted molar refractivity (Wildman–Crippen MR) is 111 cm³/mol. The van der Waals surface area contributed by atoms with Crippen molar-refractivity contribution in [2.45, 2.75) is 13.5 Å². The molecule has 1 amide bonds. The highest BCUT2D eigenvalue weighted by atomic mass is 35.5. The van der Waals surface area contributed by atoms with Crippen LogP contribution >= 0.6 is 22.9 Å². The molecule has 148 valence electrons. The first-order chi connectivity index (χ1) is 13.6. The van der Waals surface area contributed by atoms with Gasteiger partial charge in [-0.05, 0) is 31.2 Å². The van der Waals surface area contributed by atoms with Crippen molar-refractivity contribution < 1.29 is 19.0 Å². The third-order valence-electron chi connectivity index (χ3n) is 4.14. The van der Waals surface area contributed by atoms with Crippen molar-refractivity contribution in [2.24, 2.45) is 4.99 Å². The first kappa shape index (κ1) is 20.4. The fourth-order valence-electron chi connectivity index (χ4n) is 2.74. The van der Waals surface area contributed by atoms with Gasteiger partial charge in [0.2, 0.25) is 0 Å². The molecular formula is C20H21ClN2O4S. The molecule has 0 unspecified atom stereocenters. The van der Waals surface area contributed by atoms with Crippen molar-refractivity contribution in [1.29, 1.82) is 0 Å². The van der Waals surface area contributed by atoms with Crippen molar-refractivity contribution in [3.05, 3.63) is 51.8 Å². The molecule has 0 aliphatic heterocycles. The molecule has 3 aromatic rings. The summed E-state index contributed by atoms with van der Waals surface area (Å²) in [6.07, 6.45) is 0. The Morgan fingerprint density at radius 3 is 2.46 bits per heavy atom. The monoisotopic (exact) mass is 420 g/mol. The van der Waals surface area contributed by atoms with Gasteiger partial charge in [0.1, 0.15) is 0 Å². The maximum absolute atomic E-state index is 12.6. The molecule has 0 bridgehead atoms. The minimum atomic E-state index is -0.327. The smallest absolute Gasteiger partial charge is 0.279 e. The maximum atomic E-state index is 12.6. The quantitative estimate of drug-likeness (QED) is 0.538. The standard InChI is InChI=1S/C20H21ClN2O4S/c1-4-27-10-9-23-15-11-16(25-2)17(26-3)12-18(15)28-20(23)22-19(24)13-5-7-14(21)8-6-13/h5-8,11-12H,4,9-10H2,1-3H3. The van der Waals surface area contributed by atoms with Crippen LogP contribution in [0, 0.1) is 0 Å². The van der Waals surface area contributed by atoms with E-state index in [4.69, 9.17) is 25.8 Å². The minimum Gasteiger partial charge on any atom is -0.493 e. The van der Waals surface area contributed by atoms with Crippen LogP contribution < -0.4 is 14.3 Å². The SMILES string of the molecule is CCOCCn1c(=NC(=O)c2ccc(Cl)cc2)sc2cc(OC)c(OC)cc21. The molecule has 0 fully saturated rings. The van der Waals surface area contributed by atoms with Crippen LogP contribution in [0.4, 0.5) is 0 Å². The van der Waals surface area contributed by atoms with Gasteiger partial charge in [-0.3, -0.25) is 4.79 Å². The van der Waals surface area contributed by atoms with E-state index in [1.54, 1.807) is 38.5 Å². The Kier molecular flexibility index (Phi) is 6.72. The Labute approximate surface area is 171 Å². The van der Waals surface area contributed by atoms with Crippen LogP contribution in [0.5, 0.6) is 11.5 Å². The van der Waals surface area contributed by atoms with Crippen molar-refractivity contribution in [3.63, 3.8) is 0 Å². The summed E-state index contributed by atoms with van der Waals surface area (Å²) < 4.78 is 19.2. The zero-order valence-electron chi connectivity index (χ0n) is 15.9. The highest BCUT2D eigenvalue weighted by Gasteiger charge is 2.14. The molecule has 28 heavy (non-hydrogen) atoms. The van der Waals surface area contributed by atoms with E-state index in [1.807, 2.05) is 23.6 Å². The van der Waals surface area contributed by atoms with E-state index < -0.39 is 0 Å². The van der Waals surface area contributed by atoms with Gasteiger partial charge >= 0.3 is 0 Å². The summed E-state index contributed by atoms with van der Waals surface area (Å²) in [4.78, 5) is 17.6. The van der Waals surface area contributed by atoms with Gasteiger partial charge in [-0.1, -0.05) is 22.9 Å². The lowest BCUT2D eigenvalue weighted by atomic mass is 10.2.